The summed E-state index contributed by atoms with van der Waals surface area (Å²) >= 11 is 0. The zero-order valence-electron chi connectivity index (χ0n) is 21.7. The highest BCUT2D eigenvalue weighted by atomic mass is 16.4. The molecule has 0 saturated heterocycles. The van der Waals surface area contributed by atoms with E-state index in [-0.39, 0.29) is 5.91 Å². The van der Waals surface area contributed by atoms with Crippen molar-refractivity contribution in [3.63, 3.8) is 0 Å². The monoisotopic (exact) mass is 504 g/mol. The lowest BCUT2D eigenvalue weighted by atomic mass is 9.48. The summed E-state index contributed by atoms with van der Waals surface area (Å²) in [6, 6.07) is 5.66. The molecule has 5 N–H and O–H groups in total. The van der Waals surface area contributed by atoms with Crippen molar-refractivity contribution in [2.45, 2.75) is 95.4 Å². The lowest BCUT2D eigenvalue weighted by Gasteiger charge is -2.57. The van der Waals surface area contributed by atoms with Crippen LogP contribution in [0.2, 0.25) is 0 Å². The van der Waals surface area contributed by atoms with Crippen molar-refractivity contribution in [1.29, 1.82) is 0 Å². The van der Waals surface area contributed by atoms with E-state index in [0.717, 1.165) is 55.0 Å². The number of hydrogen-bond acceptors (Lipinski definition) is 4. The van der Waals surface area contributed by atoms with Crippen LogP contribution in [0.4, 0.5) is 5.69 Å². The molecule has 4 bridgehead atoms. The molecule has 198 valence electrons. The summed E-state index contributed by atoms with van der Waals surface area (Å²) in [7, 11) is 0. The number of carbonyl (C=O) groups excluding carboxylic acids is 1. The van der Waals surface area contributed by atoms with Gasteiger partial charge in [-0.3, -0.25) is 9.59 Å². The van der Waals surface area contributed by atoms with E-state index in [1.807, 2.05) is 0 Å². The normalized spacial score (nSPS) is 29.8. The van der Waals surface area contributed by atoms with Crippen molar-refractivity contribution in [3.8, 4) is 0 Å². The molecular formula is C30H40N4O3. The number of benzene rings is 1. The third kappa shape index (κ3) is 5.07. The van der Waals surface area contributed by atoms with Crippen LogP contribution in [0.5, 0.6) is 0 Å². The molecule has 37 heavy (non-hydrogen) atoms. The van der Waals surface area contributed by atoms with E-state index < -0.39 is 12.0 Å². The molecule has 0 spiro atoms. The molecule has 1 aromatic heterocycles. The number of nitrogens with zero attached hydrogens (tertiary/aromatic N) is 1. The van der Waals surface area contributed by atoms with Crippen molar-refractivity contribution in [1.82, 2.24) is 9.97 Å². The van der Waals surface area contributed by atoms with Crippen molar-refractivity contribution >= 4 is 17.6 Å². The van der Waals surface area contributed by atoms with Gasteiger partial charge in [0.25, 0.3) is 5.91 Å². The second kappa shape index (κ2) is 9.90. The van der Waals surface area contributed by atoms with E-state index in [9.17, 15) is 14.7 Å². The lowest BCUT2D eigenvalue weighted by Crippen LogP contribution is -2.46. The highest BCUT2D eigenvalue weighted by Crippen LogP contribution is 2.61. The number of aliphatic carboxylic acids is 1. The zero-order chi connectivity index (χ0) is 25.6. The van der Waals surface area contributed by atoms with E-state index in [1.54, 1.807) is 24.3 Å². The summed E-state index contributed by atoms with van der Waals surface area (Å²) in [5, 5.41) is 12.2. The molecule has 5 fully saturated rings. The molecule has 7 heteroatoms. The minimum atomic E-state index is -1.13. The molecule has 5 aliphatic carbocycles. The Bertz CT molecular complexity index is 1130. The van der Waals surface area contributed by atoms with Crippen LogP contribution in [0.25, 0.3) is 0 Å². The smallest absolute Gasteiger partial charge is 0.325 e. The molecule has 5 aliphatic rings. The largest absolute Gasteiger partial charge is 0.480 e. The number of aryl methyl sites for hydroxylation is 1. The summed E-state index contributed by atoms with van der Waals surface area (Å²) < 4.78 is 0. The first-order valence-corrected chi connectivity index (χ1v) is 14.4. The van der Waals surface area contributed by atoms with Crippen molar-refractivity contribution in [2.24, 2.45) is 28.9 Å². The third-order valence-corrected chi connectivity index (χ3v) is 9.84. The summed E-state index contributed by atoms with van der Waals surface area (Å²) in [6.07, 6.45) is 16.3. The van der Waals surface area contributed by atoms with Crippen LogP contribution >= 0.6 is 0 Å². The van der Waals surface area contributed by atoms with Gasteiger partial charge in [0.05, 0.1) is 0 Å². The predicted octanol–water partition coefficient (Wildman–Crippen LogP) is 5.94. The molecule has 1 atom stereocenters. The van der Waals surface area contributed by atoms with Crippen LogP contribution in [-0.2, 0) is 11.2 Å². The van der Waals surface area contributed by atoms with Gasteiger partial charge in [0.15, 0.2) is 0 Å². The minimum absolute atomic E-state index is 0.236. The molecule has 1 unspecified atom stereocenters. The number of carboxylic acids is 1. The average molecular weight is 505 g/mol. The molecule has 1 heterocycles. The highest BCUT2D eigenvalue weighted by Gasteiger charge is 2.50. The van der Waals surface area contributed by atoms with Crippen molar-refractivity contribution in [3.05, 3.63) is 47.0 Å². The van der Waals surface area contributed by atoms with E-state index in [2.05, 4.69) is 10.3 Å². The van der Waals surface area contributed by atoms with Crippen LogP contribution in [0.1, 0.15) is 117 Å². The van der Waals surface area contributed by atoms with Gasteiger partial charge in [-0.2, -0.15) is 0 Å². The number of carboxylic acid groups (broad SMARTS) is 1. The van der Waals surface area contributed by atoms with Gasteiger partial charge in [-0.15, -0.1) is 0 Å². The molecule has 1 amide bonds. The Balaban J connectivity index is 1.23. The minimum Gasteiger partial charge on any atom is -0.480 e. The van der Waals surface area contributed by atoms with E-state index >= 15 is 0 Å². The van der Waals surface area contributed by atoms with Crippen molar-refractivity contribution < 1.29 is 14.7 Å². The lowest BCUT2D eigenvalue weighted by molar-refractivity contribution is -0.138. The molecule has 7 nitrogen and oxygen atoms in total. The number of aromatic nitrogens is 2. The molecule has 0 aliphatic heterocycles. The van der Waals surface area contributed by atoms with Crippen LogP contribution in [0, 0.1) is 23.2 Å². The zero-order valence-corrected chi connectivity index (χ0v) is 21.7. The first-order chi connectivity index (χ1) is 17.9. The Morgan fingerprint density at radius 3 is 2.41 bits per heavy atom. The van der Waals surface area contributed by atoms with Gasteiger partial charge < -0.3 is 21.1 Å². The van der Waals surface area contributed by atoms with E-state index in [0.29, 0.717) is 28.3 Å². The summed E-state index contributed by atoms with van der Waals surface area (Å²) in [6.45, 7) is 0. The van der Waals surface area contributed by atoms with Crippen LogP contribution in [0.15, 0.2) is 24.3 Å². The number of nitrogens with one attached hydrogen (secondary N) is 2. The first-order valence-electron chi connectivity index (χ1n) is 14.4. The Kier molecular flexibility index (Phi) is 6.59. The fraction of sp³-hybridized carbons (Fsp3) is 0.633. The Morgan fingerprint density at radius 1 is 1.08 bits per heavy atom. The number of H-pyrrole nitrogens is 1. The fourth-order valence-corrected chi connectivity index (χ4v) is 8.50. The second-order valence-corrected chi connectivity index (χ2v) is 12.6. The number of aromatic amines is 1. The fourth-order valence-electron chi connectivity index (χ4n) is 8.50. The second-order valence-electron chi connectivity index (χ2n) is 12.6. The number of rotatable bonds is 8. The van der Waals surface area contributed by atoms with Gasteiger partial charge in [0, 0.05) is 17.3 Å². The average Bonchev–Trinajstić information content (AvgIpc) is 3.32. The van der Waals surface area contributed by atoms with E-state index in [1.165, 1.54) is 57.8 Å². The maximum atomic E-state index is 13.5. The molecule has 7 rings (SSSR count). The van der Waals surface area contributed by atoms with Gasteiger partial charge in [0.1, 0.15) is 17.6 Å². The molecule has 2 aromatic rings. The van der Waals surface area contributed by atoms with E-state index in [4.69, 9.17) is 10.7 Å². The number of hydrogen-bond donors (Lipinski definition) is 4. The van der Waals surface area contributed by atoms with Crippen LogP contribution in [-0.4, -0.2) is 27.0 Å². The molecule has 1 aromatic carbocycles. The number of imidazole rings is 1. The van der Waals surface area contributed by atoms with Crippen LogP contribution in [0.3, 0.4) is 0 Å². The van der Waals surface area contributed by atoms with Crippen LogP contribution < -0.4 is 11.1 Å². The summed E-state index contributed by atoms with van der Waals surface area (Å²) in [4.78, 5) is 33.4. The topological polar surface area (TPSA) is 121 Å². The Labute approximate surface area is 219 Å². The standard InChI is InChI=1S/C30H40N4O3/c31-25(29(36)37)22-7-4-8-23(14-22)32-28(35)26-24(33-27(34-26)21-5-2-1-3-6-21)9-10-30-15-18-11-19(16-30)13-20(12-18)17-30/h4,7-8,14,18-21,25H,1-3,5-6,9-13,15-17,31H2,(H,32,35)(H,33,34)(H,36,37). The SMILES string of the molecule is NC(C(=O)O)c1cccc(NC(=O)c2nc(C3CCCCC3)[nH]c2CCC23CC4CC(CC(C4)C2)C3)c1. The quantitative estimate of drug-likeness (QED) is 0.354. The maximum Gasteiger partial charge on any atom is 0.325 e. The highest BCUT2D eigenvalue weighted by molar-refractivity contribution is 6.03. The number of nitrogens with two attached hydrogens (primary N) is 1. The maximum absolute atomic E-state index is 13.5. The first kappa shape index (κ1) is 24.7. The number of carbonyl (C=O) groups is 2. The Hall–Kier alpha value is -2.67. The van der Waals surface area contributed by atoms with Gasteiger partial charge in [-0.25, -0.2) is 4.98 Å². The molecule has 5 saturated carbocycles. The third-order valence-electron chi connectivity index (χ3n) is 9.84. The predicted molar refractivity (Wildman–Crippen MR) is 142 cm³/mol. The summed E-state index contributed by atoms with van der Waals surface area (Å²) in [5.74, 6) is 2.77. The van der Waals surface area contributed by atoms with Gasteiger partial charge in [0.2, 0.25) is 0 Å². The summed E-state index contributed by atoms with van der Waals surface area (Å²) in [5.41, 5.74) is 8.69. The molecular weight excluding hydrogens is 464 g/mol. The van der Waals surface area contributed by atoms with Gasteiger partial charge >= 0.3 is 5.97 Å². The number of anilines is 1. The van der Waals surface area contributed by atoms with Gasteiger partial charge in [-0.05, 0) is 105 Å². The number of amides is 1. The van der Waals surface area contributed by atoms with Gasteiger partial charge in [-0.1, -0.05) is 31.4 Å². The Morgan fingerprint density at radius 2 is 1.76 bits per heavy atom. The van der Waals surface area contributed by atoms with Crippen molar-refractivity contribution in [2.75, 3.05) is 5.32 Å². The molecule has 0 radical (unpaired) electrons.